The fourth-order valence-corrected chi connectivity index (χ4v) is 5.75. The highest BCUT2D eigenvalue weighted by molar-refractivity contribution is 6.05. The van der Waals surface area contributed by atoms with E-state index >= 15 is 0 Å². The van der Waals surface area contributed by atoms with Gasteiger partial charge in [-0.2, -0.15) is 0 Å². The van der Waals surface area contributed by atoms with Crippen LogP contribution in [0.3, 0.4) is 0 Å². The molecule has 0 aliphatic carbocycles. The van der Waals surface area contributed by atoms with Crippen molar-refractivity contribution in [1.82, 2.24) is 4.98 Å². The minimum Gasteiger partial charge on any atom is -0.435 e. The molecule has 0 N–H and O–H groups in total. The first-order valence-electron chi connectivity index (χ1n) is 14.1. The van der Waals surface area contributed by atoms with Gasteiger partial charge < -0.3 is 9.32 Å². The highest BCUT2D eigenvalue weighted by atomic mass is 16.3. The third kappa shape index (κ3) is 4.29. The average Bonchev–Trinajstić information content (AvgIpc) is 3.51. The summed E-state index contributed by atoms with van der Waals surface area (Å²) in [5.41, 5.74) is 8.37. The second-order valence-corrected chi connectivity index (χ2v) is 10.5. The molecule has 198 valence electrons. The quantitative estimate of drug-likeness (QED) is 0.218. The zero-order valence-electron chi connectivity index (χ0n) is 22.8. The van der Waals surface area contributed by atoms with E-state index in [-0.39, 0.29) is 0 Å². The van der Waals surface area contributed by atoms with Crippen molar-refractivity contribution in [3.05, 3.63) is 158 Å². The molecule has 0 radical (unpaired) electrons. The van der Waals surface area contributed by atoms with Gasteiger partial charge in [-0.05, 0) is 94.0 Å². The largest absolute Gasteiger partial charge is 0.435 e. The lowest BCUT2D eigenvalue weighted by atomic mass is 10.0. The van der Waals surface area contributed by atoms with Crippen LogP contribution in [0.1, 0.15) is 0 Å². The van der Waals surface area contributed by atoms with E-state index in [0.717, 1.165) is 44.5 Å². The highest BCUT2D eigenvalue weighted by Crippen LogP contribution is 2.39. The molecule has 8 aromatic rings. The van der Waals surface area contributed by atoms with Gasteiger partial charge >= 0.3 is 0 Å². The topological polar surface area (TPSA) is 29.3 Å². The van der Waals surface area contributed by atoms with Gasteiger partial charge in [0.05, 0.1) is 0 Å². The molecule has 0 unspecified atom stereocenters. The number of aromatic nitrogens is 1. The van der Waals surface area contributed by atoms with Crippen molar-refractivity contribution in [3.63, 3.8) is 0 Å². The van der Waals surface area contributed by atoms with Crippen LogP contribution in [0, 0.1) is 0 Å². The minimum atomic E-state index is 0.639. The van der Waals surface area contributed by atoms with Crippen LogP contribution in [-0.2, 0) is 0 Å². The molecule has 0 aliphatic heterocycles. The lowest BCUT2D eigenvalue weighted by Gasteiger charge is -2.26. The lowest BCUT2D eigenvalue weighted by molar-refractivity contribution is 0.623. The van der Waals surface area contributed by atoms with Crippen LogP contribution in [-0.4, -0.2) is 4.98 Å². The molecule has 0 bridgehead atoms. The number of oxazole rings is 1. The Labute approximate surface area is 243 Å². The number of fused-ring (bicyclic) bond motifs is 4. The van der Waals surface area contributed by atoms with Gasteiger partial charge in [-0.1, -0.05) is 91.0 Å². The summed E-state index contributed by atoms with van der Waals surface area (Å²) in [5.74, 6) is 0.639. The van der Waals surface area contributed by atoms with Gasteiger partial charge in [0.25, 0.3) is 0 Å². The third-order valence-electron chi connectivity index (χ3n) is 7.84. The van der Waals surface area contributed by atoms with Crippen LogP contribution in [0.25, 0.3) is 55.2 Å². The van der Waals surface area contributed by atoms with Crippen LogP contribution in [0.2, 0.25) is 0 Å². The molecular weight excluding hydrogens is 512 g/mol. The van der Waals surface area contributed by atoms with Crippen LogP contribution in [0.15, 0.2) is 162 Å². The molecule has 8 rings (SSSR count). The number of anilines is 3. The SMILES string of the molecule is c1ccc(-c2ccc3cc(N(c4ccccc4)c4ccc5c(ccc6nc(-c7ccccc7)oc65)c4)ccc3c2)cc1. The summed E-state index contributed by atoms with van der Waals surface area (Å²) >= 11 is 0. The summed E-state index contributed by atoms with van der Waals surface area (Å²) in [7, 11) is 0. The summed E-state index contributed by atoms with van der Waals surface area (Å²) < 4.78 is 6.30. The lowest BCUT2D eigenvalue weighted by Crippen LogP contribution is -2.09. The number of benzene rings is 7. The Morgan fingerprint density at radius 2 is 1.02 bits per heavy atom. The molecule has 1 aromatic heterocycles. The maximum absolute atomic E-state index is 6.30. The van der Waals surface area contributed by atoms with Crippen molar-refractivity contribution in [2.45, 2.75) is 0 Å². The van der Waals surface area contributed by atoms with Crippen molar-refractivity contribution in [2.75, 3.05) is 4.90 Å². The first kappa shape index (κ1) is 24.2. The fourth-order valence-electron chi connectivity index (χ4n) is 5.75. The van der Waals surface area contributed by atoms with Crippen LogP contribution in [0.5, 0.6) is 0 Å². The maximum atomic E-state index is 6.30. The number of hydrogen-bond donors (Lipinski definition) is 0. The van der Waals surface area contributed by atoms with E-state index in [1.54, 1.807) is 0 Å². The Bertz CT molecular complexity index is 2190. The molecule has 0 aliphatic rings. The monoisotopic (exact) mass is 538 g/mol. The van der Waals surface area contributed by atoms with Crippen molar-refractivity contribution >= 4 is 49.7 Å². The van der Waals surface area contributed by atoms with E-state index in [1.165, 1.54) is 21.9 Å². The number of rotatable bonds is 5. The molecular formula is C39H26N2O. The molecule has 0 fully saturated rings. The summed E-state index contributed by atoms with van der Waals surface area (Å²) in [5, 5.41) is 4.56. The number of para-hydroxylation sites is 1. The summed E-state index contributed by atoms with van der Waals surface area (Å²) in [6.07, 6.45) is 0. The minimum absolute atomic E-state index is 0.639. The number of hydrogen-bond acceptors (Lipinski definition) is 3. The standard InChI is InChI=1S/C39H26N2O/c1-4-10-27(11-5-1)29-16-17-31-25-34(20-18-30(31)24-29)41(33-14-8-3-9-15-33)35-21-22-36-32(26-35)19-23-37-38(36)42-39(40-37)28-12-6-2-7-13-28/h1-26H. The smallest absolute Gasteiger partial charge is 0.227 e. The van der Waals surface area contributed by atoms with E-state index in [2.05, 4.69) is 126 Å². The van der Waals surface area contributed by atoms with Crippen LogP contribution < -0.4 is 4.90 Å². The van der Waals surface area contributed by atoms with Gasteiger partial charge in [-0.25, -0.2) is 4.98 Å². The maximum Gasteiger partial charge on any atom is 0.227 e. The van der Waals surface area contributed by atoms with Gasteiger partial charge in [0.15, 0.2) is 5.58 Å². The Kier molecular flexibility index (Phi) is 5.79. The first-order valence-corrected chi connectivity index (χ1v) is 14.1. The normalized spacial score (nSPS) is 11.3. The summed E-state index contributed by atoms with van der Waals surface area (Å²) in [4.78, 5) is 7.07. The molecule has 0 spiro atoms. The molecule has 1 heterocycles. The molecule has 0 amide bonds. The van der Waals surface area contributed by atoms with Crippen LogP contribution in [0.4, 0.5) is 17.1 Å². The Morgan fingerprint density at radius 1 is 0.429 bits per heavy atom. The second-order valence-electron chi connectivity index (χ2n) is 10.5. The molecule has 0 saturated heterocycles. The number of nitrogens with zero attached hydrogens (tertiary/aromatic N) is 2. The second kappa shape index (κ2) is 10.1. The summed E-state index contributed by atoms with van der Waals surface area (Å²) in [6, 6.07) is 55.2. The predicted octanol–water partition coefficient (Wildman–Crippen LogP) is 10.9. The van der Waals surface area contributed by atoms with Gasteiger partial charge in [-0.3, -0.25) is 0 Å². The van der Waals surface area contributed by atoms with Crippen molar-refractivity contribution in [2.24, 2.45) is 0 Å². The van der Waals surface area contributed by atoms with Crippen LogP contribution >= 0.6 is 0 Å². The Balaban J connectivity index is 1.23. The van der Waals surface area contributed by atoms with E-state index in [0.29, 0.717) is 5.89 Å². The highest BCUT2D eigenvalue weighted by Gasteiger charge is 2.16. The van der Waals surface area contributed by atoms with E-state index in [4.69, 9.17) is 9.40 Å². The van der Waals surface area contributed by atoms with Gasteiger partial charge in [-0.15, -0.1) is 0 Å². The molecule has 3 nitrogen and oxygen atoms in total. The van der Waals surface area contributed by atoms with Gasteiger partial charge in [0, 0.05) is 28.0 Å². The first-order chi connectivity index (χ1) is 20.8. The van der Waals surface area contributed by atoms with E-state index < -0.39 is 0 Å². The Hall–Kier alpha value is -5.67. The van der Waals surface area contributed by atoms with Gasteiger partial charge in [0.2, 0.25) is 5.89 Å². The predicted molar refractivity (Wildman–Crippen MR) is 175 cm³/mol. The molecule has 7 aromatic carbocycles. The molecule has 3 heteroatoms. The van der Waals surface area contributed by atoms with Crippen molar-refractivity contribution in [3.8, 4) is 22.6 Å². The van der Waals surface area contributed by atoms with Crippen molar-refractivity contribution < 1.29 is 4.42 Å². The van der Waals surface area contributed by atoms with Gasteiger partial charge in [0.1, 0.15) is 5.52 Å². The Morgan fingerprint density at radius 3 is 1.79 bits per heavy atom. The molecule has 0 atom stereocenters. The molecule has 0 saturated carbocycles. The fraction of sp³-hybridized carbons (Fsp3) is 0. The average molecular weight is 539 g/mol. The third-order valence-corrected chi connectivity index (χ3v) is 7.84. The zero-order valence-corrected chi connectivity index (χ0v) is 22.8. The van der Waals surface area contributed by atoms with Crippen molar-refractivity contribution in [1.29, 1.82) is 0 Å². The summed E-state index contributed by atoms with van der Waals surface area (Å²) in [6.45, 7) is 0. The molecule has 42 heavy (non-hydrogen) atoms. The van der Waals surface area contributed by atoms with E-state index in [9.17, 15) is 0 Å². The zero-order chi connectivity index (χ0) is 27.9. The van der Waals surface area contributed by atoms with E-state index in [1.807, 2.05) is 36.4 Å².